The fourth-order valence-electron chi connectivity index (χ4n) is 1.56. The van der Waals surface area contributed by atoms with Crippen molar-refractivity contribution in [2.75, 3.05) is 6.61 Å². The zero-order chi connectivity index (χ0) is 9.31. The Morgan fingerprint density at radius 1 is 1.38 bits per heavy atom. The van der Waals surface area contributed by atoms with Gasteiger partial charge in [-0.2, -0.15) is 0 Å². The molecule has 70 valence electrons. The summed E-state index contributed by atoms with van der Waals surface area (Å²) < 4.78 is 5.51. The molecule has 0 radical (unpaired) electrons. The van der Waals surface area contributed by atoms with Gasteiger partial charge >= 0.3 is 0 Å². The van der Waals surface area contributed by atoms with Gasteiger partial charge in [-0.1, -0.05) is 18.2 Å². The molecule has 0 aliphatic carbocycles. The van der Waals surface area contributed by atoms with Crippen molar-refractivity contribution in [3.63, 3.8) is 0 Å². The third kappa shape index (κ3) is 1.83. The van der Waals surface area contributed by atoms with Gasteiger partial charge in [0.15, 0.2) is 0 Å². The summed E-state index contributed by atoms with van der Waals surface area (Å²) in [6, 6.07) is 7.97. The van der Waals surface area contributed by atoms with Gasteiger partial charge < -0.3 is 9.84 Å². The molecular formula is C11H14O2. The van der Waals surface area contributed by atoms with Crippen molar-refractivity contribution in [2.24, 2.45) is 0 Å². The fourth-order valence-corrected chi connectivity index (χ4v) is 1.56. The SMILES string of the molecule is CC1(O)CCc2ccccc2OC1. The predicted molar refractivity (Wildman–Crippen MR) is 50.9 cm³/mol. The van der Waals surface area contributed by atoms with Gasteiger partial charge in [-0.3, -0.25) is 0 Å². The second kappa shape index (κ2) is 3.04. The van der Waals surface area contributed by atoms with Gasteiger partial charge in [-0.05, 0) is 31.4 Å². The third-order valence-corrected chi connectivity index (χ3v) is 2.44. The van der Waals surface area contributed by atoms with Crippen LogP contribution >= 0.6 is 0 Å². The standard InChI is InChI=1S/C11H14O2/c1-11(12)7-6-9-4-2-3-5-10(9)13-8-11/h2-5,12H,6-8H2,1H3. The Morgan fingerprint density at radius 2 is 2.15 bits per heavy atom. The fraction of sp³-hybridized carbons (Fsp3) is 0.455. The van der Waals surface area contributed by atoms with Crippen molar-refractivity contribution in [3.05, 3.63) is 29.8 Å². The highest BCUT2D eigenvalue weighted by molar-refractivity contribution is 5.34. The minimum atomic E-state index is -0.682. The number of hydrogen-bond acceptors (Lipinski definition) is 2. The molecule has 0 saturated carbocycles. The Balaban J connectivity index is 2.27. The van der Waals surface area contributed by atoms with E-state index in [-0.39, 0.29) is 0 Å². The molecule has 1 heterocycles. The predicted octanol–water partition coefficient (Wildman–Crippen LogP) is 1.76. The molecule has 13 heavy (non-hydrogen) atoms. The summed E-state index contributed by atoms with van der Waals surface area (Å²) >= 11 is 0. The summed E-state index contributed by atoms with van der Waals surface area (Å²) in [6.45, 7) is 2.21. The van der Waals surface area contributed by atoms with E-state index >= 15 is 0 Å². The van der Waals surface area contributed by atoms with E-state index in [0.29, 0.717) is 6.61 Å². The van der Waals surface area contributed by atoms with E-state index < -0.39 is 5.60 Å². The summed E-state index contributed by atoms with van der Waals surface area (Å²) in [5, 5.41) is 9.80. The molecule has 1 aliphatic heterocycles. The van der Waals surface area contributed by atoms with Gasteiger partial charge in [0.2, 0.25) is 0 Å². The summed E-state index contributed by atoms with van der Waals surface area (Å²) in [5.41, 5.74) is 0.513. The lowest BCUT2D eigenvalue weighted by atomic mass is 9.99. The number of benzene rings is 1. The van der Waals surface area contributed by atoms with Gasteiger partial charge in [0.25, 0.3) is 0 Å². The molecule has 1 N–H and O–H groups in total. The molecule has 1 aromatic rings. The van der Waals surface area contributed by atoms with Crippen molar-refractivity contribution >= 4 is 0 Å². The minimum absolute atomic E-state index is 0.393. The molecule has 0 saturated heterocycles. The minimum Gasteiger partial charge on any atom is -0.490 e. The van der Waals surface area contributed by atoms with Crippen LogP contribution in [0.5, 0.6) is 5.75 Å². The Labute approximate surface area is 78.2 Å². The zero-order valence-electron chi connectivity index (χ0n) is 7.79. The highest BCUT2D eigenvalue weighted by atomic mass is 16.5. The molecule has 2 rings (SSSR count). The first kappa shape index (κ1) is 8.57. The Kier molecular flexibility index (Phi) is 2.00. The van der Waals surface area contributed by atoms with Gasteiger partial charge in [0, 0.05) is 0 Å². The number of hydrogen-bond donors (Lipinski definition) is 1. The normalized spacial score (nSPS) is 27.2. The van der Waals surface area contributed by atoms with Crippen LogP contribution in [0.3, 0.4) is 0 Å². The molecule has 1 aliphatic rings. The molecule has 0 fully saturated rings. The number of aliphatic hydroxyl groups is 1. The summed E-state index contributed by atoms with van der Waals surface area (Å²) in [4.78, 5) is 0. The monoisotopic (exact) mass is 178 g/mol. The van der Waals surface area contributed by atoms with E-state index in [0.717, 1.165) is 18.6 Å². The van der Waals surface area contributed by atoms with Gasteiger partial charge in [-0.15, -0.1) is 0 Å². The molecule has 1 atom stereocenters. The van der Waals surface area contributed by atoms with Crippen molar-refractivity contribution in [3.8, 4) is 5.75 Å². The molecule has 0 aromatic heterocycles. The van der Waals surface area contributed by atoms with Crippen LogP contribution < -0.4 is 4.74 Å². The number of ether oxygens (including phenoxy) is 1. The Morgan fingerprint density at radius 3 is 3.00 bits per heavy atom. The van der Waals surface area contributed by atoms with Gasteiger partial charge in [-0.25, -0.2) is 0 Å². The van der Waals surface area contributed by atoms with E-state index in [2.05, 4.69) is 6.07 Å². The Bertz CT molecular complexity index is 276. The number of para-hydroxylation sites is 1. The van der Waals surface area contributed by atoms with Crippen LogP contribution in [0, 0.1) is 0 Å². The maximum absolute atomic E-state index is 9.80. The van der Waals surface area contributed by atoms with E-state index in [1.54, 1.807) is 0 Å². The second-order valence-electron chi connectivity index (χ2n) is 3.89. The first-order valence-corrected chi connectivity index (χ1v) is 4.60. The number of fused-ring (bicyclic) bond motifs is 1. The summed E-state index contributed by atoms with van der Waals surface area (Å²) in [6.07, 6.45) is 1.66. The van der Waals surface area contributed by atoms with Crippen molar-refractivity contribution in [1.29, 1.82) is 0 Å². The molecule has 0 spiro atoms. The lowest BCUT2D eigenvalue weighted by molar-refractivity contribution is 0.0104. The van der Waals surface area contributed by atoms with Crippen LogP contribution in [0.25, 0.3) is 0 Å². The van der Waals surface area contributed by atoms with E-state index in [9.17, 15) is 5.11 Å². The lowest BCUT2D eigenvalue weighted by Crippen LogP contribution is -2.31. The summed E-state index contributed by atoms with van der Waals surface area (Å²) in [5.74, 6) is 0.917. The van der Waals surface area contributed by atoms with E-state index in [1.807, 2.05) is 25.1 Å². The van der Waals surface area contributed by atoms with Crippen molar-refractivity contribution in [1.82, 2.24) is 0 Å². The molecular weight excluding hydrogens is 164 g/mol. The maximum atomic E-state index is 9.80. The second-order valence-corrected chi connectivity index (χ2v) is 3.89. The van der Waals surface area contributed by atoms with Crippen molar-refractivity contribution < 1.29 is 9.84 Å². The molecule has 0 bridgehead atoms. The Hall–Kier alpha value is -1.02. The number of aryl methyl sites for hydroxylation is 1. The molecule has 1 aromatic carbocycles. The van der Waals surface area contributed by atoms with E-state index in [4.69, 9.17) is 4.74 Å². The zero-order valence-corrected chi connectivity index (χ0v) is 7.79. The van der Waals surface area contributed by atoms with Crippen LogP contribution in [0.15, 0.2) is 24.3 Å². The van der Waals surface area contributed by atoms with Crippen LogP contribution in [-0.2, 0) is 6.42 Å². The van der Waals surface area contributed by atoms with E-state index in [1.165, 1.54) is 5.56 Å². The quantitative estimate of drug-likeness (QED) is 0.656. The highest BCUT2D eigenvalue weighted by Gasteiger charge is 2.25. The van der Waals surface area contributed by atoms with Crippen molar-refractivity contribution in [2.45, 2.75) is 25.4 Å². The lowest BCUT2D eigenvalue weighted by Gasteiger charge is -2.19. The van der Waals surface area contributed by atoms with Crippen LogP contribution in [0.4, 0.5) is 0 Å². The maximum Gasteiger partial charge on any atom is 0.122 e. The van der Waals surface area contributed by atoms with Gasteiger partial charge in [0.1, 0.15) is 12.4 Å². The van der Waals surface area contributed by atoms with Crippen LogP contribution in [0.1, 0.15) is 18.9 Å². The molecule has 0 amide bonds. The smallest absolute Gasteiger partial charge is 0.122 e. The average molecular weight is 178 g/mol. The molecule has 2 nitrogen and oxygen atoms in total. The van der Waals surface area contributed by atoms with Gasteiger partial charge in [0.05, 0.1) is 5.60 Å². The topological polar surface area (TPSA) is 29.5 Å². The third-order valence-electron chi connectivity index (χ3n) is 2.44. The average Bonchev–Trinajstić information content (AvgIpc) is 2.27. The first-order valence-electron chi connectivity index (χ1n) is 4.60. The number of rotatable bonds is 0. The first-order chi connectivity index (χ1) is 6.17. The molecule has 2 heteroatoms. The molecule has 1 unspecified atom stereocenters. The highest BCUT2D eigenvalue weighted by Crippen LogP contribution is 2.27. The van der Waals surface area contributed by atoms with Crippen LogP contribution in [0.2, 0.25) is 0 Å². The van der Waals surface area contributed by atoms with Crippen LogP contribution in [-0.4, -0.2) is 17.3 Å². The summed E-state index contributed by atoms with van der Waals surface area (Å²) in [7, 11) is 0. The largest absolute Gasteiger partial charge is 0.490 e.